The van der Waals surface area contributed by atoms with Gasteiger partial charge in [-0.05, 0) is 98.7 Å². The minimum absolute atomic E-state index is 0.00879. The summed E-state index contributed by atoms with van der Waals surface area (Å²) < 4.78 is 42.6. The predicted octanol–water partition coefficient (Wildman–Crippen LogP) is 7.22. The molecule has 0 saturated heterocycles. The van der Waals surface area contributed by atoms with E-state index in [1.54, 1.807) is 19.9 Å². The second kappa shape index (κ2) is 9.78. The highest BCUT2D eigenvalue weighted by Crippen LogP contribution is 2.47. The third kappa shape index (κ3) is 5.72. The van der Waals surface area contributed by atoms with Gasteiger partial charge in [0.25, 0.3) is 0 Å². The summed E-state index contributed by atoms with van der Waals surface area (Å²) in [7, 11) is -6.10. The fraction of sp³-hybridized carbons (Fsp3) is 0.607. The van der Waals surface area contributed by atoms with E-state index in [1.807, 2.05) is 33.9 Å². The van der Waals surface area contributed by atoms with Crippen LogP contribution in [0.15, 0.2) is 31.9 Å². The number of rotatable bonds is 7. The van der Waals surface area contributed by atoms with Crippen LogP contribution in [0.25, 0.3) is 0 Å². The Bertz CT molecular complexity index is 1360. The third-order valence-electron chi connectivity index (χ3n) is 8.41. The Labute approximate surface area is 227 Å². The Morgan fingerprint density at radius 3 is 2.37 bits per heavy atom. The average molecular weight is 564 g/mol. The molecule has 2 aliphatic rings. The van der Waals surface area contributed by atoms with Gasteiger partial charge < -0.3 is 14.8 Å². The summed E-state index contributed by atoms with van der Waals surface area (Å²) in [5.41, 5.74) is 2.11. The summed E-state index contributed by atoms with van der Waals surface area (Å²) in [5.74, 6) is 0.363. The molecule has 3 N–H and O–H groups in total. The number of aliphatic hydroxyl groups is 1. The molecule has 4 rings (SSSR count). The molecule has 38 heavy (non-hydrogen) atoms. The van der Waals surface area contributed by atoms with Crippen molar-refractivity contribution in [2.24, 2.45) is 9.95 Å². The maximum atomic E-state index is 15.0. The maximum absolute atomic E-state index is 15.0. The lowest BCUT2D eigenvalue weighted by Gasteiger charge is -2.33. The standard InChI is InChI=1S/C28H42FN3O4SSi/c1-17(18-12-13-18)22-15-23(29)20-10-9-11-21(20)25(22)30-26(33)31-37(35,32-38(7,8)27(2,3)4)24-14-19(16-36-24)28(5,6)34/h14-18,34H,9-13H2,1-8H3,(H2,30,31,32,33,35). The zero-order valence-electron chi connectivity index (χ0n) is 23.8. The Kier molecular flexibility index (Phi) is 7.42. The molecule has 1 heterocycles. The van der Waals surface area contributed by atoms with Crippen LogP contribution in [0.1, 0.15) is 89.0 Å². The number of nitrogens with zero attached hydrogens (tertiary/aromatic N) is 1. The molecule has 0 spiro atoms. The number of carbonyl (C=O) groups is 1. The first-order valence-electron chi connectivity index (χ1n) is 13.5. The molecule has 1 aromatic heterocycles. The molecule has 1 aromatic carbocycles. The Balaban J connectivity index is 1.75. The third-order valence-corrected chi connectivity index (χ3v) is 16.2. The Morgan fingerprint density at radius 1 is 1.18 bits per heavy atom. The summed E-state index contributed by atoms with van der Waals surface area (Å²) in [6.45, 7) is 15.4. The highest BCUT2D eigenvalue weighted by molar-refractivity contribution is 7.93. The molecular formula is C28H42FN3O4SSi. The van der Waals surface area contributed by atoms with E-state index in [0.29, 0.717) is 35.6 Å². The zero-order chi connectivity index (χ0) is 28.3. The van der Waals surface area contributed by atoms with Crippen LogP contribution in [0.2, 0.25) is 18.1 Å². The van der Waals surface area contributed by atoms with Gasteiger partial charge in [0.1, 0.15) is 5.82 Å². The largest absolute Gasteiger partial charge is 0.452 e. The molecule has 2 atom stereocenters. The quantitative estimate of drug-likeness (QED) is 0.309. The van der Waals surface area contributed by atoms with Gasteiger partial charge in [-0.25, -0.2) is 18.1 Å². The van der Waals surface area contributed by atoms with Crippen LogP contribution >= 0.6 is 0 Å². The van der Waals surface area contributed by atoms with Crippen molar-refractivity contribution >= 4 is 29.9 Å². The number of fused-ring (bicyclic) bond motifs is 1. The van der Waals surface area contributed by atoms with Gasteiger partial charge in [0.05, 0.1) is 11.9 Å². The van der Waals surface area contributed by atoms with Gasteiger partial charge >= 0.3 is 6.03 Å². The molecule has 2 aliphatic carbocycles. The molecule has 210 valence electrons. The molecule has 0 aliphatic heterocycles. The number of benzene rings is 1. The van der Waals surface area contributed by atoms with Gasteiger partial charge in [-0.3, -0.25) is 4.03 Å². The van der Waals surface area contributed by atoms with Crippen molar-refractivity contribution in [2.75, 3.05) is 5.32 Å². The molecule has 7 nitrogen and oxygen atoms in total. The van der Waals surface area contributed by atoms with E-state index in [9.17, 15) is 18.5 Å². The summed E-state index contributed by atoms with van der Waals surface area (Å²) in [4.78, 5) is 13.6. The number of nitrogens with one attached hydrogen (secondary N) is 2. The highest BCUT2D eigenvalue weighted by atomic mass is 32.2. The summed E-state index contributed by atoms with van der Waals surface area (Å²) in [5, 5.41) is 13.1. The fourth-order valence-electron chi connectivity index (χ4n) is 4.73. The zero-order valence-corrected chi connectivity index (χ0v) is 25.6. The van der Waals surface area contributed by atoms with Crippen LogP contribution < -0.4 is 10.0 Å². The summed E-state index contributed by atoms with van der Waals surface area (Å²) in [6, 6.07) is 2.39. The van der Waals surface area contributed by atoms with E-state index in [2.05, 4.69) is 17.0 Å². The summed E-state index contributed by atoms with van der Waals surface area (Å²) in [6.07, 6.45) is 5.67. The van der Waals surface area contributed by atoms with E-state index in [-0.39, 0.29) is 21.9 Å². The van der Waals surface area contributed by atoms with E-state index in [4.69, 9.17) is 8.45 Å². The van der Waals surface area contributed by atoms with Crippen LogP contribution in [0.3, 0.4) is 0 Å². The number of hydrogen-bond donors (Lipinski definition) is 3. The molecule has 2 amide bonds. The summed E-state index contributed by atoms with van der Waals surface area (Å²) >= 11 is 0. The average Bonchev–Trinajstić information content (AvgIpc) is 3.27. The van der Waals surface area contributed by atoms with Crippen molar-refractivity contribution in [3.8, 4) is 0 Å². The number of anilines is 1. The lowest BCUT2D eigenvalue weighted by Crippen LogP contribution is -2.41. The van der Waals surface area contributed by atoms with E-state index < -0.39 is 29.8 Å². The first-order chi connectivity index (χ1) is 17.4. The lowest BCUT2D eigenvalue weighted by molar-refractivity contribution is 0.0779. The van der Waals surface area contributed by atoms with Gasteiger partial charge in [-0.1, -0.05) is 27.7 Å². The van der Waals surface area contributed by atoms with E-state index in [0.717, 1.165) is 30.4 Å². The molecule has 0 radical (unpaired) electrons. The van der Waals surface area contributed by atoms with Crippen molar-refractivity contribution in [3.63, 3.8) is 0 Å². The number of hydrogen-bond acceptors (Lipinski definition) is 5. The van der Waals surface area contributed by atoms with Crippen LogP contribution in [-0.2, 0) is 28.4 Å². The second-order valence-electron chi connectivity index (χ2n) is 13.0. The van der Waals surface area contributed by atoms with Crippen molar-refractivity contribution < 1.29 is 22.9 Å². The van der Waals surface area contributed by atoms with Crippen molar-refractivity contribution in [2.45, 2.75) is 108 Å². The molecule has 2 unspecified atom stereocenters. The van der Waals surface area contributed by atoms with Gasteiger partial charge in [-0.2, -0.15) is 0 Å². The molecular weight excluding hydrogens is 521 g/mol. The molecule has 2 aromatic rings. The van der Waals surface area contributed by atoms with E-state index in [1.165, 1.54) is 12.3 Å². The highest BCUT2D eigenvalue weighted by Gasteiger charge is 2.39. The topological polar surface area (TPSA) is 104 Å². The predicted molar refractivity (Wildman–Crippen MR) is 152 cm³/mol. The van der Waals surface area contributed by atoms with Gasteiger partial charge in [-0.15, -0.1) is 0 Å². The monoisotopic (exact) mass is 563 g/mol. The Morgan fingerprint density at radius 2 is 1.82 bits per heavy atom. The maximum Gasteiger partial charge on any atom is 0.332 e. The minimum atomic E-state index is -3.55. The first-order valence-corrected chi connectivity index (χ1v) is 17.9. The van der Waals surface area contributed by atoms with Gasteiger partial charge in [0.15, 0.2) is 18.2 Å². The number of furan rings is 1. The fourth-order valence-corrected chi connectivity index (χ4v) is 9.81. The molecule has 0 bridgehead atoms. The van der Waals surface area contributed by atoms with Crippen LogP contribution in [-0.4, -0.2) is 23.6 Å². The van der Waals surface area contributed by atoms with Crippen LogP contribution in [0, 0.1) is 11.7 Å². The second-order valence-corrected chi connectivity index (χ2v) is 20.0. The van der Waals surface area contributed by atoms with Crippen molar-refractivity contribution in [3.05, 3.63) is 46.5 Å². The smallest absolute Gasteiger partial charge is 0.332 e. The number of halogens is 1. The normalized spacial score (nSPS) is 18.5. The van der Waals surface area contributed by atoms with Crippen LogP contribution in [0.5, 0.6) is 0 Å². The molecule has 1 fully saturated rings. The lowest BCUT2D eigenvalue weighted by atomic mass is 9.90. The number of carbonyl (C=O) groups excluding carboxylic acids is 1. The minimum Gasteiger partial charge on any atom is -0.452 e. The molecule has 10 heteroatoms. The number of urea groups is 1. The van der Waals surface area contributed by atoms with Gasteiger partial charge in [0, 0.05) is 17.3 Å². The van der Waals surface area contributed by atoms with Crippen molar-refractivity contribution in [1.82, 2.24) is 4.72 Å². The van der Waals surface area contributed by atoms with E-state index >= 15 is 0 Å². The Hall–Kier alpha value is -2.17. The van der Waals surface area contributed by atoms with Crippen molar-refractivity contribution in [1.29, 1.82) is 0 Å². The first kappa shape index (κ1) is 28.8. The van der Waals surface area contributed by atoms with Crippen LogP contribution in [0.4, 0.5) is 14.9 Å². The SMILES string of the molecule is CC(c1cc(F)c2c(c1NC(=O)NS(=O)(=N[Si](C)(C)C(C)(C)C)c1cc(C(C)(C)O)co1)CCC2)C1CC1. The molecule has 1 saturated carbocycles. The number of amides is 2. The van der Waals surface area contributed by atoms with Gasteiger partial charge in [0.2, 0.25) is 5.09 Å².